The minimum Gasteiger partial charge on any atom is -0.463 e. The van der Waals surface area contributed by atoms with Crippen LogP contribution in [-0.4, -0.2) is 33.4 Å². The van der Waals surface area contributed by atoms with E-state index in [1.807, 2.05) is 6.92 Å². The van der Waals surface area contributed by atoms with Crippen LogP contribution >= 0.6 is 0 Å². The molecule has 2 aromatic rings. The van der Waals surface area contributed by atoms with Crippen LogP contribution in [0.1, 0.15) is 30.3 Å². The Balaban J connectivity index is 1.74. The van der Waals surface area contributed by atoms with Gasteiger partial charge in [-0.1, -0.05) is 0 Å². The van der Waals surface area contributed by atoms with Gasteiger partial charge in [0, 0.05) is 6.07 Å². The smallest absolute Gasteiger partial charge is 0.272 e. The lowest BCUT2D eigenvalue weighted by atomic mass is 9.97. The van der Waals surface area contributed by atoms with E-state index in [-0.39, 0.29) is 18.2 Å². The number of aromatic nitrogens is 2. The lowest BCUT2D eigenvalue weighted by Crippen LogP contribution is -2.50. The van der Waals surface area contributed by atoms with Gasteiger partial charge in [0.1, 0.15) is 5.69 Å². The molecular formula is C14H17N3O3. The number of aromatic amines is 1. The van der Waals surface area contributed by atoms with Crippen LogP contribution in [0.15, 0.2) is 28.9 Å². The topological polar surface area (TPSA) is 91.1 Å². The van der Waals surface area contributed by atoms with E-state index in [1.165, 1.54) is 0 Å². The molecule has 20 heavy (non-hydrogen) atoms. The number of rotatable bonds is 5. The second kappa shape index (κ2) is 4.79. The van der Waals surface area contributed by atoms with Gasteiger partial charge in [-0.25, -0.2) is 0 Å². The van der Waals surface area contributed by atoms with Crippen molar-refractivity contribution >= 4 is 5.91 Å². The van der Waals surface area contributed by atoms with Crippen LogP contribution in [0.4, 0.5) is 0 Å². The molecule has 0 bridgehead atoms. The molecule has 1 fully saturated rings. The molecule has 1 unspecified atom stereocenters. The van der Waals surface area contributed by atoms with Crippen molar-refractivity contribution in [2.24, 2.45) is 5.92 Å². The largest absolute Gasteiger partial charge is 0.463 e. The number of nitrogens with one attached hydrogen (secondary N) is 2. The fourth-order valence-corrected chi connectivity index (χ4v) is 2.31. The summed E-state index contributed by atoms with van der Waals surface area (Å²) in [7, 11) is 0. The monoisotopic (exact) mass is 275 g/mol. The van der Waals surface area contributed by atoms with Gasteiger partial charge in [0.15, 0.2) is 11.5 Å². The Labute approximate surface area is 116 Å². The van der Waals surface area contributed by atoms with Gasteiger partial charge in [0.25, 0.3) is 5.91 Å². The number of hydrogen-bond donors (Lipinski definition) is 3. The summed E-state index contributed by atoms with van der Waals surface area (Å²) in [6.07, 6.45) is 3.64. The standard InChI is InChI=1S/C14H17N3O3/c1-14(8-18,9-4-5-9)15-13(19)11-7-10(16-17-11)12-3-2-6-20-12/h2-3,6-7,9,18H,4-5,8H2,1H3,(H,15,19)(H,16,17). The number of furan rings is 1. The van der Waals surface area contributed by atoms with E-state index >= 15 is 0 Å². The average Bonchev–Trinajstić information content (AvgIpc) is 2.97. The molecule has 1 amide bonds. The van der Waals surface area contributed by atoms with E-state index in [9.17, 15) is 9.90 Å². The second-order valence-electron chi connectivity index (χ2n) is 5.45. The molecule has 6 nitrogen and oxygen atoms in total. The number of carbonyl (C=O) groups is 1. The summed E-state index contributed by atoms with van der Waals surface area (Å²) < 4.78 is 5.24. The third kappa shape index (κ3) is 2.34. The fraction of sp³-hybridized carbons (Fsp3) is 0.429. The van der Waals surface area contributed by atoms with E-state index in [4.69, 9.17) is 4.42 Å². The first-order valence-electron chi connectivity index (χ1n) is 6.65. The summed E-state index contributed by atoms with van der Waals surface area (Å²) in [6, 6.07) is 5.20. The maximum absolute atomic E-state index is 12.2. The normalized spacial score (nSPS) is 17.7. The van der Waals surface area contributed by atoms with E-state index in [0.29, 0.717) is 17.4 Å². The first-order valence-corrected chi connectivity index (χ1v) is 6.65. The number of aliphatic hydroxyl groups is 1. The van der Waals surface area contributed by atoms with Crippen molar-refractivity contribution in [3.05, 3.63) is 30.2 Å². The van der Waals surface area contributed by atoms with Gasteiger partial charge in [-0.05, 0) is 37.8 Å². The predicted octanol–water partition coefficient (Wildman–Crippen LogP) is 1.56. The molecule has 2 aromatic heterocycles. The molecule has 3 N–H and O–H groups in total. The van der Waals surface area contributed by atoms with E-state index in [2.05, 4.69) is 15.5 Å². The Morgan fingerprint density at radius 3 is 3.05 bits per heavy atom. The number of hydrogen-bond acceptors (Lipinski definition) is 4. The van der Waals surface area contributed by atoms with Crippen LogP contribution in [-0.2, 0) is 0 Å². The van der Waals surface area contributed by atoms with Gasteiger partial charge in [-0.3, -0.25) is 9.89 Å². The minimum atomic E-state index is -0.569. The van der Waals surface area contributed by atoms with Crippen LogP contribution in [0.5, 0.6) is 0 Å². The van der Waals surface area contributed by atoms with Crippen LogP contribution in [0, 0.1) is 5.92 Å². The number of H-pyrrole nitrogens is 1. The van der Waals surface area contributed by atoms with Crippen LogP contribution in [0.3, 0.4) is 0 Å². The van der Waals surface area contributed by atoms with Gasteiger partial charge in [0.2, 0.25) is 0 Å². The summed E-state index contributed by atoms with van der Waals surface area (Å²) in [5.74, 6) is 0.686. The third-order valence-electron chi connectivity index (χ3n) is 3.80. The summed E-state index contributed by atoms with van der Waals surface area (Å²) in [5, 5.41) is 19.1. The highest BCUT2D eigenvalue weighted by atomic mass is 16.3. The van der Waals surface area contributed by atoms with Crippen molar-refractivity contribution < 1.29 is 14.3 Å². The highest BCUT2D eigenvalue weighted by Crippen LogP contribution is 2.39. The highest BCUT2D eigenvalue weighted by Gasteiger charge is 2.42. The SMILES string of the molecule is CC(CO)(NC(=O)c1cc(-c2ccco2)[nH]n1)C1CC1. The Hall–Kier alpha value is -2.08. The van der Waals surface area contributed by atoms with Crippen LogP contribution in [0.25, 0.3) is 11.5 Å². The maximum Gasteiger partial charge on any atom is 0.272 e. The molecule has 0 saturated heterocycles. The quantitative estimate of drug-likeness (QED) is 0.772. The Morgan fingerprint density at radius 1 is 1.65 bits per heavy atom. The Morgan fingerprint density at radius 2 is 2.45 bits per heavy atom. The van der Waals surface area contributed by atoms with Gasteiger partial charge in [0.05, 0.1) is 18.4 Å². The summed E-state index contributed by atoms with van der Waals surface area (Å²) in [5.41, 5.74) is 0.370. The lowest BCUT2D eigenvalue weighted by molar-refractivity contribution is 0.0819. The van der Waals surface area contributed by atoms with Crippen molar-refractivity contribution in [3.8, 4) is 11.5 Å². The summed E-state index contributed by atoms with van der Waals surface area (Å²) in [6.45, 7) is 1.79. The number of amides is 1. The summed E-state index contributed by atoms with van der Waals surface area (Å²) >= 11 is 0. The predicted molar refractivity (Wildman–Crippen MR) is 72.0 cm³/mol. The van der Waals surface area contributed by atoms with E-state index < -0.39 is 5.54 Å². The van der Waals surface area contributed by atoms with Crippen molar-refractivity contribution in [3.63, 3.8) is 0 Å². The van der Waals surface area contributed by atoms with Crippen LogP contribution < -0.4 is 5.32 Å². The lowest BCUT2D eigenvalue weighted by Gasteiger charge is -2.28. The molecule has 1 aliphatic carbocycles. The maximum atomic E-state index is 12.2. The second-order valence-corrected chi connectivity index (χ2v) is 5.45. The number of carbonyl (C=O) groups excluding carboxylic acids is 1. The molecule has 0 aromatic carbocycles. The molecule has 2 heterocycles. The summed E-state index contributed by atoms with van der Waals surface area (Å²) in [4.78, 5) is 12.2. The van der Waals surface area contributed by atoms with Crippen molar-refractivity contribution in [2.45, 2.75) is 25.3 Å². The molecule has 0 spiro atoms. The van der Waals surface area contributed by atoms with Crippen LogP contribution in [0.2, 0.25) is 0 Å². The Bertz CT molecular complexity index is 601. The van der Waals surface area contributed by atoms with Gasteiger partial charge in [-0.2, -0.15) is 5.10 Å². The number of aliphatic hydroxyl groups excluding tert-OH is 1. The zero-order chi connectivity index (χ0) is 14.2. The molecule has 3 rings (SSSR count). The highest BCUT2D eigenvalue weighted by molar-refractivity contribution is 5.93. The Kier molecular flexibility index (Phi) is 3.10. The number of nitrogens with zero attached hydrogens (tertiary/aromatic N) is 1. The molecular weight excluding hydrogens is 258 g/mol. The zero-order valence-corrected chi connectivity index (χ0v) is 11.2. The van der Waals surface area contributed by atoms with E-state index in [0.717, 1.165) is 12.8 Å². The molecule has 6 heteroatoms. The molecule has 1 aliphatic rings. The van der Waals surface area contributed by atoms with Gasteiger partial charge in [-0.15, -0.1) is 0 Å². The van der Waals surface area contributed by atoms with Crippen molar-refractivity contribution in [2.75, 3.05) is 6.61 Å². The van der Waals surface area contributed by atoms with Crippen molar-refractivity contribution in [1.82, 2.24) is 15.5 Å². The van der Waals surface area contributed by atoms with Crippen molar-refractivity contribution in [1.29, 1.82) is 0 Å². The molecule has 1 saturated carbocycles. The molecule has 106 valence electrons. The first-order chi connectivity index (χ1) is 9.62. The van der Waals surface area contributed by atoms with Gasteiger partial charge < -0.3 is 14.8 Å². The average molecular weight is 275 g/mol. The molecule has 0 aliphatic heterocycles. The zero-order valence-electron chi connectivity index (χ0n) is 11.2. The minimum absolute atomic E-state index is 0.0706. The third-order valence-corrected chi connectivity index (χ3v) is 3.80. The van der Waals surface area contributed by atoms with Gasteiger partial charge >= 0.3 is 0 Å². The molecule has 0 radical (unpaired) electrons. The molecule has 1 atom stereocenters. The fourth-order valence-electron chi connectivity index (χ4n) is 2.31. The van der Waals surface area contributed by atoms with E-state index in [1.54, 1.807) is 24.5 Å². The first kappa shape index (κ1) is 12.9.